The number of imidazole rings is 2. The molecule has 7 heteroatoms. The summed E-state index contributed by atoms with van der Waals surface area (Å²) >= 11 is 0. The van der Waals surface area contributed by atoms with Gasteiger partial charge >= 0.3 is 0 Å². The molecule has 0 radical (unpaired) electrons. The van der Waals surface area contributed by atoms with Crippen molar-refractivity contribution < 1.29 is 8.78 Å². The van der Waals surface area contributed by atoms with Crippen LogP contribution in [-0.4, -0.2) is 24.5 Å². The van der Waals surface area contributed by atoms with Crippen LogP contribution < -0.4 is 0 Å². The summed E-state index contributed by atoms with van der Waals surface area (Å²) in [6.07, 6.45) is 7.56. The first kappa shape index (κ1) is 16.4. The van der Waals surface area contributed by atoms with Crippen molar-refractivity contribution in [3.8, 4) is 11.4 Å². The molecule has 0 bridgehead atoms. The number of nitrogens with one attached hydrogen (secondary N) is 1. The van der Waals surface area contributed by atoms with Gasteiger partial charge in [-0.2, -0.15) is 0 Å². The van der Waals surface area contributed by atoms with E-state index in [0.29, 0.717) is 12.4 Å². The second kappa shape index (κ2) is 6.67. The fourth-order valence-corrected chi connectivity index (χ4v) is 3.21. The summed E-state index contributed by atoms with van der Waals surface area (Å²) in [5, 5.41) is 0. The topological polar surface area (TPSA) is 59.4 Å². The third kappa shape index (κ3) is 3.08. The summed E-state index contributed by atoms with van der Waals surface area (Å²) in [6.45, 7) is 2.73. The van der Waals surface area contributed by atoms with E-state index in [1.165, 1.54) is 6.07 Å². The lowest BCUT2D eigenvalue weighted by atomic mass is 10.0. The summed E-state index contributed by atoms with van der Waals surface area (Å²) in [6, 6.07) is 5.36. The van der Waals surface area contributed by atoms with Crippen molar-refractivity contribution in [2.24, 2.45) is 5.92 Å². The number of benzene rings is 1. The molecule has 0 fully saturated rings. The molecule has 5 nitrogen and oxygen atoms in total. The highest BCUT2D eigenvalue weighted by Crippen LogP contribution is 2.24. The van der Waals surface area contributed by atoms with Crippen LogP contribution in [-0.2, 0) is 13.0 Å². The van der Waals surface area contributed by atoms with Crippen molar-refractivity contribution in [2.45, 2.75) is 19.9 Å². The van der Waals surface area contributed by atoms with Crippen LogP contribution in [0.2, 0.25) is 0 Å². The Morgan fingerprint density at radius 2 is 2.00 bits per heavy atom. The molecule has 26 heavy (non-hydrogen) atoms. The fraction of sp³-hybridized carbons (Fsp3) is 0.211. The van der Waals surface area contributed by atoms with Gasteiger partial charge in [0.2, 0.25) is 0 Å². The molecule has 1 atom stereocenters. The van der Waals surface area contributed by atoms with Crippen LogP contribution in [0.25, 0.3) is 22.6 Å². The Bertz CT molecular complexity index is 1050. The molecule has 3 aromatic heterocycles. The third-order valence-corrected chi connectivity index (χ3v) is 4.36. The fourth-order valence-electron chi connectivity index (χ4n) is 3.21. The lowest BCUT2D eigenvalue weighted by Gasteiger charge is -2.15. The number of halogens is 2. The number of aromatic nitrogens is 5. The average Bonchev–Trinajstić information content (AvgIpc) is 3.27. The molecule has 0 saturated carbocycles. The van der Waals surface area contributed by atoms with E-state index < -0.39 is 11.6 Å². The van der Waals surface area contributed by atoms with Gasteiger partial charge in [-0.25, -0.2) is 23.7 Å². The van der Waals surface area contributed by atoms with Gasteiger partial charge in [-0.3, -0.25) is 0 Å². The minimum atomic E-state index is -0.487. The first-order chi connectivity index (χ1) is 12.6. The first-order valence-electron chi connectivity index (χ1n) is 8.35. The minimum Gasteiger partial charge on any atom is -0.331 e. The van der Waals surface area contributed by atoms with Crippen LogP contribution in [0.15, 0.2) is 49.2 Å². The average molecular weight is 353 g/mol. The lowest BCUT2D eigenvalue weighted by molar-refractivity contribution is 0.482. The van der Waals surface area contributed by atoms with Crippen molar-refractivity contribution in [2.75, 3.05) is 0 Å². The van der Waals surface area contributed by atoms with Crippen molar-refractivity contribution >= 4 is 11.2 Å². The summed E-state index contributed by atoms with van der Waals surface area (Å²) in [5.41, 5.74) is 2.89. The highest BCUT2D eigenvalue weighted by Gasteiger charge is 2.15. The number of aromatic amines is 1. The number of hydrogen-bond acceptors (Lipinski definition) is 3. The van der Waals surface area contributed by atoms with Crippen molar-refractivity contribution in [1.82, 2.24) is 24.5 Å². The van der Waals surface area contributed by atoms with Crippen molar-refractivity contribution in [3.63, 3.8) is 0 Å². The number of pyridine rings is 1. The van der Waals surface area contributed by atoms with Crippen LogP contribution in [0.5, 0.6) is 0 Å². The Morgan fingerprint density at radius 3 is 2.88 bits per heavy atom. The van der Waals surface area contributed by atoms with Gasteiger partial charge in [0, 0.05) is 25.1 Å². The Hall–Kier alpha value is -3.09. The number of hydrogen-bond donors (Lipinski definition) is 1. The van der Waals surface area contributed by atoms with Crippen molar-refractivity contribution in [1.29, 1.82) is 0 Å². The largest absolute Gasteiger partial charge is 0.331 e. The third-order valence-electron chi connectivity index (χ3n) is 4.36. The number of rotatable bonds is 5. The van der Waals surface area contributed by atoms with Crippen LogP contribution >= 0.6 is 0 Å². The second-order valence-corrected chi connectivity index (χ2v) is 6.41. The molecule has 0 aliphatic carbocycles. The van der Waals surface area contributed by atoms with Gasteiger partial charge in [0.1, 0.15) is 23.0 Å². The predicted molar refractivity (Wildman–Crippen MR) is 94.3 cm³/mol. The maximum Gasteiger partial charge on any atom is 0.157 e. The molecule has 1 N–H and O–H groups in total. The summed E-state index contributed by atoms with van der Waals surface area (Å²) in [5.74, 6) is -0.309. The minimum absolute atomic E-state index is 0.167. The van der Waals surface area contributed by atoms with Gasteiger partial charge in [0.15, 0.2) is 5.65 Å². The normalized spacial score (nSPS) is 12.6. The van der Waals surface area contributed by atoms with Gasteiger partial charge in [-0.05, 0) is 42.2 Å². The molecule has 0 amide bonds. The number of H-pyrrole nitrogens is 1. The Labute approximate surface area is 148 Å². The van der Waals surface area contributed by atoms with Gasteiger partial charge in [-0.1, -0.05) is 6.92 Å². The maximum absolute atomic E-state index is 14.1. The van der Waals surface area contributed by atoms with E-state index in [9.17, 15) is 8.78 Å². The highest BCUT2D eigenvalue weighted by molar-refractivity contribution is 5.73. The van der Waals surface area contributed by atoms with E-state index in [-0.39, 0.29) is 11.5 Å². The Morgan fingerprint density at radius 1 is 1.12 bits per heavy atom. The molecule has 0 spiro atoms. The van der Waals surface area contributed by atoms with Gasteiger partial charge in [0.05, 0.1) is 11.9 Å². The first-order valence-corrected chi connectivity index (χ1v) is 8.35. The number of nitrogens with zero attached hydrogens (tertiary/aromatic N) is 4. The van der Waals surface area contributed by atoms with E-state index in [1.807, 2.05) is 10.6 Å². The monoisotopic (exact) mass is 353 g/mol. The predicted octanol–water partition coefficient (Wildman–Crippen LogP) is 3.98. The summed E-state index contributed by atoms with van der Waals surface area (Å²) < 4.78 is 29.5. The van der Waals surface area contributed by atoms with Gasteiger partial charge < -0.3 is 9.55 Å². The van der Waals surface area contributed by atoms with E-state index in [4.69, 9.17) is 0 Å². The zero-order chi connectivity index (χ0) is 18.1. The standard InChI is InChI=1S/C19H17F2N5/c1-12(8-13-4-5-22-18-17(13)24-11-25-18)10-26-7-6-23-19(26)15-9-14(20)2-3-16(15)21/h2-7,9,11-12H,8,10H2,1H3,(H,22,24,25). The molecule has 1 unspecified atom stereocenters. The molecule has 0 saturated heterocycles. The zero-order valence-electron chi connectivity index (χ0n) is 14.2. The van der Waals surface area contributed by atoms with Crippen LogP contribution in [0.4, 0.5) is 8.78 Å². The smallest absolute Gasteiger partial charge is 0.157 e. The zero-order valence-corrected chi connectivity index (χ0v) is 14.2. The number of fused-ring (bicyclic) bond motifs is 1. The second-order valence-electron chi connectivity index (χ2n) is 6.41. The van der Waals surface area contributed by atoms with E-state index in [1.54, 1.807) is 24.9 Å². The summed E-state index contributed by atoms with van der Waals surface area (Å²) in [4.78, 5) is 15.8. The van der Waals surface area contributed by atoms with E-state index >= 15 is 0 Å². The molecular formula is C19H17F2N5. The highest BCUT2D eigenvalue weighted by atomic mass is 19.1. The molecule has 0 aliphatic rings. The molecule has 132 valence electrons. The summed E-state index contributed by atoms with van der Waals surface area (Å²) in [7, 11) is 0. The van der Waals surface area contributed by atoms with Gasteiger partial charge in [0.25, 0.3) is 0 Å². The Kier molecular flexibility index (Phi) is 4.20. The maximum atomic E-state index is 14.1. The van der Waals surface area contributed by atoms with Crippen LogP contribution in [0, 0.1) is 17.6 Å². The molecular weight excluding hydrogens is 336 g/mol. The SMILES string of the molecule is CC(Cc1ccnc2[nH]cnc12)Cn1ccnc1-c1cc(F)ccc1F. The van der Waals surface area contributed by atoms with Crippen molar-refractivity contribution in [3.05, 3.63) is 66.4 Å². The molecule has 4 rings (SSSR count). The van der Waals surface area contributed by atoms with Crippen LogP contribution in [0.1, 0.15) is 12.5 Å². The van der Waals surface area contributed by atoms with Crippen LogP contribution in [0.3, 0.4) is 0 Å². The Balaban J connectivity index is 1.58. The quantitative estimate of drug-likeness (QED) is 0.590. The molecule has 0 aliphatic heterocycles. The molecule has 4 aromatic rings. The van der Waals surface area contributed by atoms with E-state index in [2.05, 4.69) is 26.9 Å². The lowest BCUT2D eigenvalue weighted by Crippen LogP contribution is -2.11. The molecule has 1 aromatic carbocycles. The molecule has 3 heterocycles. The van der Waals surface area contributed by atoms with E-state index in [0.717, 1.165) is 35.3 Å². The van der Waals surface area contributed by atoms with Gasteiger partial charge in [-0.15, -0.1) is 0 Å².